The van der Waals surface area contributed by atoms with E-state index in [1.54, 1.807) is 18.2 Å². The van der Waals surface area contributed by atoms with Crippen LogP contribution in [0.25, 0.3) is 5.32 Å². The number of hydrogen-bond acceptors (Lipinski definition) is 8. The Labute approximate surface area is 345 Å². The molecule has 0 aromatic rings. The van der Waals surface area contributed by atoms with Crippen molar-refractivity contribution in [2.45, 2.75) is 137 Å². The third-order valence-electron chi connectivity index (χ3n) is 6.38. The average molecular weight is 776 g/mol. The van der Waals surface area contributed by atoms with Crippen molar-refractivity contribution < 1.29 is 76.1 Å². The van der Waals surface area contributed by atoms with Gasteiger partial charge in [-0.3, -0.25) is 9.59 Å². The Kier molecular flexibility index (Phi) is 57.6. The van der Waals surface area contributed by atoms with Crippen molar-refractivity contribution in [1.82, 2.24) is 0 Å². The third-order valence-corrected chi connectivity index (χ3v) is 6.84. The number of alkyl halides is 1. The Hall–Kier alpha value is -0.685. The molecular weight excluding hydrogens is 704 g/mol. The van der Waals surface area contributed by atoms with Crippen LogP contribution in [0.5, 0.6) is 0 Å². The van der Waals surface area contributed by atoms with Gasteiger partial charge >= 0.3 is 49.7 Å². The number of hydrogen-bond donors (Lipinski definition) is 0. The molecule has 0 saturated carbocycles. The van der Waals surface area contributed by atoms with E-state index in [4.69, 9.17) is 14.2 Å². The summed E-state index contributed by atoms with van der Waals surface area (Å²) < 4.78 is 24.0. The monoisotopic (exact) mass is 774 g/mol. The van der Waals surface area contributed by atoms with Gasteiger partial charge in [0.15, 0.2) is 0 Å². The number of nitrogens with zero attached hydrogens (tertiary/aromatic N) is 1. The number of unbranched alkanes of at least 4 members (excludes halogenated alkanes) is 1. The maximum absolute atomic E-state index is 10.9. The first kappa shape index (κ1) is 59.6. The van der Waals surface area contributed by atoms with Gasteiger partial charge < -0.3 is 41.0 Å². The predicted molar refractivity (Wildman–Crippen MR) is 205 cm³/mol. The molecule has 0 aromatic heterocycles. The van der Waals surface area contributed by atoms with Crippen LogP contribution in [-0.4, -0.2) is 75.6 Å². The number of allylic oxidation sites excluding steroid dienone is 3. The minimum atomic E-state index is -0.161. The normalized spacial score (nSPS) is 18.1. The van der Waals surface area contributed by atoms with Gasteiger partial charge in [-0.25, -0.2) is 0 Å². The number of cyclic esters (lactones) is 2. The molecule has 51 heavy (non-hydrogen) atoms. The summed E-state index contributed by atoms with van der Waals surface area (Å²) in [5, 5.41) is 15.4. The van der Waals surface area contributed by atoms with Crippen molar-refractivity contribution in [2.24, 2.45) is 5.92 Å². The van der Waals surface area contributed by atoms with Gasteiger partial charge in [-0.1, -0.05) is 75.2 Å². The van der Waals surface area contributed by atoms with Crippen LogP contribution in [0, 0.1) is 12.8 Å². The SMILES string of the molecule is C1CCOC1.C1CCOC1.C=CCBr.C=CCC1CCCOC1=O.CC(C)[N-]C(C)C.O=C1CCCCO1.[CH2-]CCC.[Li+].[Li+].[O-]C1=CCCCO1. The first-order valence-corrected chi connectivity index (χ1v) is 19.5. The van der Waals surface area contributed by atoms with Crippen LogP contribution in [0.3, 0.4) is 0 Å². The summed E-state index contributed by atoms with van der Waals surface area (Å²) in [5.41, 5.74) is 0. The molecule has 5 aliphatic rings. The van der Waals surface area contributed by atoms with E-state index in [0.29, 0.717) is 38.3 Å². The van der Waals surface area contributed by atoms with Gasteiger partial charge in [-0.05, 0) is 77.2 Å². The summed E-state index contributed by atoms with van der Waals surface area (Å²) in [4.78, 5) is 21.2. The zero-order chi connectivity index (χ0) is 37.4. The zero-order valence-electron chi connectivity index (χ0n) is 33.7. The molecule has 9 nitrogen and oxygen atoms in total. The molecule has 0 aliphatic carbocycles. The molecule has 0 bridgehead atoms. The smallest absolute Gasteiger partial charge is 0.658 e. The summed E-state index contributed by atoms with van der Waals surface area (Å²) >= 11 is 3.13. The third kappa shape index (κ3) is 53.8. The van der Waals surface area contributed by atoms with Gasteiger partial charge in [0.05, 0.1) is 19.1 Å². The second-order valence-corrected chi connectivity index (χ2v) is 12.6. The first-order valence-electron chi connectivity index (χ1n) is 18.3. The molecule has 0 radical (unpaired) electrons. The van der Waals surface area contributed by atoms with Gasteiger partial charge in [-0.15, -0.1) is 25.2 Å². The van der Waals surface area contributed by atoms with E-state index in [1.807, 2.05) is 0 Å². The fourth-order valence-corrected chi connectivity index (χ4v) is 3.93. The summed E-state index contributed by atoms with van der Waals surface area (Å²) in [6.07, 6.45) is 19.8. The van der Waals surface area contributed by atoms with E-state index < -0.39 is 0 Å². The molecule has 4 saturated heterocycles. The van der Waals surface area contributed by atoms with Crippen molar-refractivity contribution in [3.05, 3.63) is 49.6 Å². The predicted octanol–water partition coefficient (Wildman–Crippen LogP) is 3.19. The summed E-state index contributed by atoms with van der Waals surface area (Å²) in [6, 6.07) is 1.000. The second kappa shape index (κ2) is 49.3. The number of esters is 2. The fourth-order valence-electron chi connectivity index (χ4n) is 3.93. The molecule has 12 heteroatoms. The average Bonchev–Trinajstić information content (AvgIpc) is 3.88. The molecular formula is C39H71BrLi2NO8-. The van der Waals surface area contributed by atoms with E-state index in [2.05, 4.69) is 85.4 Å². The fraction of sp³-hybridized carbons (Fsp3) is 0.769. The van der Waals surface area contributed by atoms with Gasteiger partial charge in [0.2, 0.25) is 0 Å². The number of carbonyl (C=O) groups excluding carboxylic acids is 2. The quantitative estimate of drug-likeness (QED) is 0.133. The number of ether oxygens (including phenoxy) is 5. The molecule has 4 fully saturated rings. The van der Waals surface area contributed by atoms with Gasteiger partial charge in [0, 0.05) is 44.1 Å². The van der Waals surface area contributed by atoms with E-state index >= 15 is 0 Å². The van der Waals surface area contributed by atoms with Crippen LogP contribution in [-0.2, 0) is 33.3 Å². The van der Waals surface area contributed by atoms with Crippen LogP contribution in [0.15, 0.2) is 37.3 Å². The van der Waals surface area contributed by atoms with Gasteiger partial charge in [0.1, 0.15) is 0 Å². The Morgan fingerprint density at radius 2 is 1.29 bits per heavy atom. The maximum Gasteiger partial charge on any atom is 1.00 e. The van der Waals surface area contributed by atoms with Crippen molar-refractivity contribution in [3.8, 4) is 0 Å². The standard InChI is InChI=1S/C8H12O2.C6H14N.2C5H8O2.2C4H8O.C4H9.C3H5Br.2Li/c1-2-4-7-5-3-6-10-8(7)9;1-5(2)7-6(3)4;2*6-5-3-1-2-4-7-5;2*1-2-4-5-3-1;1-3-4-2;1-2-3-4;;/h2,7H,1,3-6H2;5-6H,1-4H3;1-4H2;3,6H,1-2,4H2;2*1-4H2;1,3-4H2,2H3;2H,1,3H2;;/q;-1;;;;;-1;;2*+1/p-1. The van der Waals surface area contributed by atoms with Crippen LogP contribution in [0.1, 0.15) is 125 Å². The van der Waals surface area contributed by atoms with Crippen molar-refractivity contribution >= 4 is 27.9 Å². The molecule has 1 atom stereocenters. The van der Waals surface area contributed by atoms with Crippen LogP contribution < -0.4 is 42.8 Å². The molecule has 5 rings (SSSR count). The summed E-state index contributed by atoms with van der Waals surface area (Å²) in [6.45, 7) is 27.0. The van der Waals surface area contributed by atoms with Crippen molar-refractivity contribution in [1.29, 1.82) is 0 Å². The van der Waals surface area contributed by atoms with E-state index in [1.165, 1.54) is 32.1 Å². The second-order valence-electron chi connectivity index (χ2n) is 12.0. The van der Waals surface area contributed by atoms with Crippen LogP contribution in [0.4, 0.5) is 0 Å². The van der Waals surface area contributed by atoms with Crippen molar-refractivity contribution in [3.63, 3.8) is 0 Å². The van der Waals surface area contributed by atoms with Crippen LogP contribution >= 0.6 is 15.9 Å². The topological polar surface area (TPSA) is 117 Å². The van der Waals surface area contributed by atoms with E-state index in [-0.39, 0.29) is 61.5 Å². The Morgan fingerprint density at radius 3 is 1.51 bits per heavy atom. The molecule has 0 amide bonds. The van der Waals surface area contributed by atoms with E-state index in [9.17, 15) is 14.7 Å². The number of halogens is 1. The minimum Gasteiger partial charge on any atom is -0.658 e. The molecule has 290 valence electrons. The Balaban J connectivity index is -0.000000160. The number of rotatable bonds is 6. The Morgan fingerprint density at radius 1 is 0.824 bits per heavy atom. The maximum atomic E-state index is 10.9. The zero-order valence-corrected chi connectivity index (χ0v) is 35.3. The molecule has 5 aliphatic heterocycles. The summed E-state index contributed by atoms with van der Waals surface area (Å²) in [7, 11) is 0. The van der Waals surface area contributed by atoms with Gasteiger partial charge in [0.25, 0.3) is 0 Å². The summed E-state index contributed by atoms with van der Waals surface area (Å²) in [5.74, 6) is -0.157. The first-order chi connectivity index (χ1) is 23.6. The van der Waals surface area contributed by atoms with Crippen molar-refractivity contribution in [2.75, 3.05) is 51.6 Å². The molecule has 0 N–H and O–H groups in total. The largest absolute Gasteiger partial charge is 1.00 e. The Bertz CT molecular complexity index is 739. The minimum absolute atomic E-state index is 0. The molecule has 0 aromatic carbocycles. The van der Waals surface area contributed by atoms with Crippen LogP contribution in [0.2, 0.25) is 0 Å². The van der Waals surface area contributed by atoms with Gasteiger partial charge in [-0.2, -0.15) is 6.42 Å². The number of carbonyl (C=O) groups is 2. The molecule has 0 spiro atoms. The molecule has 5 heterocycles. The molecule has 1 unspecified atom stereocenters. The van der Waals surface area contributed by atoms with E-state index in [0.717, 1.165) is 83.1 Å².